The Morgan fingerprint density at radius 1 is 0.774 bits per heavy atom. The predicted molar refractivity (Wildman–Crippen MR) is 124 cm³/mol. The quantitative estimate of drug-likeness (QED) is 0.391. The Morgan fingerprint density at radius 3 is 2.00 bits per heavy atom. The van der Waals surface area contributed by atoms with Crippen LogP contribution in [0.4, 0.5) is 8.78 Å². The topological polar surface area (TPSA) is 9.23 Å². The van der Waals surface area contributed by atoms with E-state index in [0.29, 0.717) is 17.4 Å². The molecular weight excluding hydrogens is 390 g/mol. The average molecular weight is 417 g/mol. The summed E-state index contributed by atoms with van der Waals surface area (Å²) >= 11 is 0. The molecule has 1 aliphatic rings. The number of benzene rings is 3. The molecule has 0 fully saturated rings. The maximum atomic E-state index is 14.0. The number of hydrogen-bond donors (Lipinski definition) is 0. The van der Waals surface area contributed by atoms with Gasteiger partial charge in [0.1, 0.15) is 23.1 Å². The highest BCUT2D eigenvalue weighted by atomic mass is 19.1. The average Bonchev–Trinajstić information content (AvgIpc) is 3.02. The molecule has 0 saturated carbocycles. The van der Waals surface area contributed by atoms with E-state index in [9.17, 15) is 8.78 Å². The molecular formula is C28H26F2O. The van der Waals surface area contributed by atoms with E-state index in [-0.39, 0.29) is 11.6 Å². The van der Waals surface area contributed by atoms with Crippen LogP contribution in [0.1, 0.15) is 50.3 Å². The summed E-state index contributed by atoms with van der Waals surface area (Å²) in [4.78, 5) is 0. The van der Waals surface area contributed by atoms with Crippen LogP contribution >= 0.6 is 0 Å². The van der Waals surface area contributed by atoms with E-state index in [1.54, 1.807) is 18.2 Å². The number of hydrogen-bond acceptors (Lipinski definition) is 1. The maximum absolute atomic E-state index is 14.0. The van der Waals surface area contributed by atoms with Gasteiger partial charge in [-0.25, -0.2) is 8.78 Å². The third-order valence-corrected chi connectivity index (χ3v) is 5.49. The van der Waals surface area contributed by atoms with Crippen molar-refractivity contribution in [1.82, 2.24) is 0 Å². The van der Waals surface area contributed by atoms with Crippen molar-refractivity contribution < 1.29 is 13.5 Å². The highest BCUT2D eigenvalue weighted by Gasteiger charge is 2.26. The van der Waals surface area contributed by atoms with E-state index in [1.165, 1.54) is 34.9 Å². The van der Waals surface area contributed by atoms with Gasteiger partial charge in [-0.05, 0) is 107 Å². The second-order valence-corrected chi connectivity index (χ2v) is 8.28. The molecule has 0 amide bonds. The van der Waals surface area contributed by atoms with E-state index >= 15 is 0 Å². The van der Waals surface area contributed by atoms with E-state index in [0.717, 1.165) is 29.5 Å². The first kappa shape index (κ1) is 21.0. The molecule has 0 aromatic heterocycles. The summed E-state index contributed by atoms with van der Waals surface area (Å²) in [6.45, 7) is 6.56. The summed E-state index contributed by atoms with van der Waals surface area (Å²) in [5.41, 5.74) is 6.89. The van der Waals surface area contributed by atoms with Gasteiger partial charge in [-0.1, -0.05) is 39.0 Å². The van der Waals surface area contributed by atoms with Gasteiger partial charge in [-0.2, -0.15) is 0 Å². The number of halogens is 2. The van der Waals surface area contributed by atoms with Crippen LogP contribution in [0.25, 0.3) is 17.2 Å². The number of rotatable bonds is 6. The summed E-state index contributed by atoms with van der Waals surface area (Å²) in [7, 11) is 0. The minimum atomic E-state index is -0.289. The third kappa shape index (κ3) is 4.61. The molecule has 0 aliphatic heterocycles. The van der Waals surface area contributed by atoms with Crippen molar-refractivity contribution in [3.63, 3.8) is 0 Å². The first-order chi connectivity index (χ1) is 14.9. The van der Waals surface area contributed by atoms with E-state index < -0.39 is 0 Å². The number of allylic oxidation sites excluding steroid dienone is 3. The van der Waals surface area contributed by atoms with Crippen LogP contribution in [0.5, 0.6) is 11.5 Å². The normalized spacial score (nSPS) is 14.5. The zero-order valence-electron chi connectivity index (χ0n) is 18.1. The first-order valence-electron chi connectivity index (χ1n) is 10.7. The molecule has 3 heteroatoms. The van der Waals surface area contributed by atoms with Crippen molar-refractivity contribution in [2.75, 3.05) is 0 Å². The first-order valence-corrected chi connectivity index (χ1v) is 10.7. The van der Waals surface area contributed by atoms with Crippen LogP contribution < -0.4 is 4.74 Å². The minimum absolute atomic E-state index is 0.197. The van der Waals surface area contributed by atoms with Crippen LogP contribution in [0, 0.1) is 17.6 Å². The molecule has 0 unspecified atom stereocenters. The molecule has 1 nitrogen and oxygen atoms in total. The lowest BCUT2D eigenvalue weighted by Crippen LogP contribution is -1.93. The van der Waals surface area contributed by atoms with Crippen LogP contribution in [0.3, 0.4) is 0 Å². The smallest absolute Gasteiger partial charge is 0.127 e. The summed E-state index contributed by atoms with van der Waals surface area (Å²) < 4.78 is 32.9. The van der Waals surface area contributed by atoms with Gasteiger partial charge < -0.3 is 4.74 Å². The molecule has 4 rings (SSSR count). The second-order valence-electron chi connectivity index (χ2n) is 8.28. The molecule has 0 bridgehead atoms. The molecule has 3 aromatic rings. The van der Waals surface area contributed by atoms with Gasteiger partial charge in [0.2, 0.25) is 0 Å². The lowest BCUT2D eigenvalue weighted by Gasteiger charge is -2.12. The summed E-state index contributed by atoms with van der Waals surface area (Å²) in [6.07, 6.45) is 4.01. The maximum Gasteiger partial charge on any atom is 0.127 e. The highest BCUT2D eigenvalue weighted by Crippen LogP contribution is 2.46. The Labute approximate surface area is 182 Å². The molecule has 0 N–H and O–H groups in total. The van der Waals surface area contributed by atoms with Gasteiger partial charge in [-0.3, -0.25) is 0 Å². The van der Waals surface area contributed by atoms with Crippen molar-refractivity contribution in [2.24, 2.45) is 5.92 Å². The molecule has 0 spiro atoms. The Balaban J connectivity index is 1.67. The van der Waals surface area contributed by atoms with Crippen molar-refractivity contribution in [3.05, 3.63) is 101 Å². The zero-order chi connectivity index (χ0) is 22.0. The predicted octanol–water partition coefficient (Wildman–Crippen LogP) is 8.52. The molecule has 31 heavy (non-hydrogen) atoms. The SMILES string of the molecule is CCC1=C(CC(C)C)/C(=C/c2ccc(Oc3ccc(F)cc3)cc2)c2ccc(F)cc21. The summed E-state index contributed by atoms with van der Waals surface area (Å²) in [6, 6.07) is 18.9. The zero-order valence-corrected chi connectivity index (χ0v) is 18.1. The molecule has 0 heterocycles. The van der Waals surface area contributed by atoms with Crippen molar-refractivity contribution >= 4 is 17.2 Å². The van der Waals surface area contributed by atoms with Crippen LogP contribution in [-0.4, -0.2) is 0 Å². The van der Waals surface area contributed by atoms with Crippen LogP contribution in [0.2, 0.25) is 0 Å². The lowest BCUT2D eigenvalue weighted by molar-refractivity contribution is 0.480. The molecule has 0 radical (unpaired) electrons. The molecule has 0 saturated heterocycles. The van der Waals surface area contributed by atoms with E-state index in [4.69, 9.17) is 4.74 Å². The number of fused-ring (bicyclic) bond motifs is 1. The Bertz CT molecular complexity index is 1140. The lowest BCUT2D eigenvalue weighted by atomic mass is 9.93. The van der Waals surface area contributed by atoms with Crippen LogP contribution in [-0.2, 0) is 0 Å². The largest absolute Gasteiger partial charge is 0.457 e. The molecule has 3 aromatic carbocycles. The van der Waals surface area contributed by atoms with E-state index in [2.05, 4.69) is 26.8 Å². The van der Waals surface area contributed by atoms with Crippen molar-refractivity contribution in [3.8, 4) is 11.5 Å². The number of ether oxygens (including phenoxy) is 1. The standard InChI is InChI=1S/C28H26F2O/c1-4-24-26(15-18(2)3)27(25-14-9-21(30)17-28(24)25)16-19-5-10-22(11-6-19)31-23-12-7-20(29)8-13-23/h5-14,16-18H,4,15H2,1-3H3/b27-16+. The van der Waals surface area contributed by atoms with Gasteiger partial charge in [0.15, 0.2) is 0 Å². The summed E-state index contributed by atoms with van der Waals surface area (Å²) in [5, 5.41) is 0. The van der Waals surface area contributed by atoms with Crippen molar-refractivity contribution in [2.45, 2.75) is 33.6 Å². The molecule has 1 aliphatic carbocycles. The van der Waals surface area contributed by atoms with Gasteiger partial charge >= 0.3 is 0 Å². The Morgan fingerprint density at radius 2 is 1.39 bits per heavy atom. The van der Waals surface area contributed by atoms with Gasteiger partial charge in [0, 0.05) is 0 Å². The minimum Gasteiger partial charge on any atom is -0.457 e. The van der Waals surface area contributed by atoms with Crippen molar-refractivity contribution in [1.29, 1.82) is 0 Å². The second kappa shape index (κ2) is 8.89. The fourth-order valence-electron chi connectivity index (χ4n) is 4.14. The fraction of sp³-hybridized carbons (Fsp3) is 0.214. The third-order valence-electron chi connectivity index (χ3n) is 5.49. The Hall–Kier alpha value is -3.20. The monoisotopic (exact) mass is 416 g/mol. The Kier molecular flexibility index (Phi) is 6.03. The molecule has 0 atom stereocenters. The highest BCUT2D eigenvalue weighted by molar-refractivity contribution is 6.05. The van der Waals surface area contributed by atoms with Gasteiger partial charge in [0.05, 0.1) is 0 Å². The van der Waals surface area contributed by atoms with Gasteiger partial charge in [0.25, 0.3) is 0 Å². The van der Waals surface area contributed by atoms with Crippen LogP contribution in [0.15, 0.2) is 72.3 Å². The fourth-order valence-corrected chi connectivity index (χ4v) is 4.14. The molecule has 158 valence electrons. The van der Waals surface area contributed by atoms with Gasteiger partial charge in [-0.15, -0.1) is 0 Å². The van der Waals surface area contributed by atoms with E-state index in [1.807, 2.05) is 30.3 Å². The summed E-state index contributed by atoms with van der Waals surface area (Å²) in [5.74, 6) is 1.30.